The van der Waals surface area contributed by atoms with Crippen molar-refractivity contribution in [2.75, 3.05) is 19.6 Å². The largest absolute Gasteiger partial charge is 0.445 e. The van der Waals surface area contributed by atoms with Crippen molar-refractivity contribution in [3.8, 4) is 0 Å². The van der Waals surface area contributed by atoms with E-state index >= 15 is 0 Å². The number of benzene rings is 1. The minimum atomic E-state index is -0.181. The van der Waals surface area contributed by atoms with Gasteiger partial charge in [-0.1, -0.05) is 44.2 Å². The van der Waals surface area contributed by atoms with E-state index in [1.165, 1.54) is 0 Å². The van der Waals surface area contributed by atoms with Crippen LogP contribution in [-0.4, -0.2) is 36.7 Å². The van der Waals surface area contributed by atoms with Crippen molar-refractivity contribution in [1.82, 2.24) is 10.2 Å². The van der Waals surface area contributed by atoms with Gasteiger partial charge in [-0.2, -0.15) is 0 Å². The highest BCUT2D eigenvalue weighted by atomic mass is 16.6. The van der Waals surface area contributed by atoms with E-state index < -0.39 is 0 Å². The Kier molecular flexibility index (Phi) is 6.05. The summed E-state index contributed by atoms with van der Waals surface area (Å²) < 4.78 is 5.51. The van der Waals surface area contributed by atoms with Crippen LogP contribution in [0.3, 0.4) is 0 Å². The number of piperidine rings is 1. The minimum Gasteiger partial charge on any atom is -0.445 e. The number of amides is 1. The zero-order chi connectivity index (χ0) is 15.1. The zero-order valence-electron chi connectivity index (χ0n) is 13.0. The number of carbonyl (C=O) groups excluding carboxylic acids is 1. The number of rotatable bonds is 5. The van der Waals surface area contributed by atoms with Crippen LogP contribution < -0.4 is 5.32 Å². The zero-order valence-corrected chi connectivity index (χ0v) is 13.0. The average molecular weight is 290 g/mol. The van der Waals surface area contributed by atoms with Gasteiger partial charge in [-0.15, -0.1) is 0 Å². The van der Waals surface area contributed by atoms with Crippen molar-refractivity contribution < 1.29 is 9.53 Å². The lowest BCUT2D eigenvalue weighted by atomic mass is 10.0. The molecule has 1 aliphatic rings. The quantitative estimate of drug-likeness (QED) is 0.906. The molecule has 0 bridgehead atoms. The molecule has 0 spiro atoms. The molecule has 4 nitrogen and oxygen atoms in total. The molecule has 0 aromatic heterocycles. The van der Waals surface area contributed by atoms with Gasteiger partial charge in [0.15, 0.2) is 0 Å². The Labute approximate surface area is 127 Å². The number of hydrogen-bond donors (Lipinski definition) is 1. The molecular formula is C17H26N2O2. The van der Waals surface area contributed by atoms with Crippen LogP contribution in [0.1, 0.15) is 32.3 Å². The maximum Gasteiger partial charge on any atom is 0.410 e. The predicted octanol–water partition coefficient (Wildman–Crippen LogP) is 3.03. The lowest BCUT2D eigenvalue weighted by Gasteiger charge is -2.35. The van der Waals surface area contributed by atoms with Crippen molar-refractivity contribution in [1.29, 1.82) is 0 Å². The van der Waals surface area contributed by atoms with Gasteiger partial charge in [-0.3, -0.25) is 0 Å². The standard InChI is InChI=1S/C17H26N2O2/c1-14(2)12-19(16-8-10-18-11-9-16)17(20)21-13-15-6-4-3-5-7-15/h3-7,14,16,18H,8-13H2,1-2H3. The summed E-state index contributed by atoms with van der Waals surface area (Å²) in [7, 11) is 0. The second kappa shape index (κ2) is 8.03. The first-order chi connectivity index (χ1) is 10.2. The molecule has 0 radical (unpaired) electrons. The summed E-state index contributed by atoms with van der Waals surface area (Å²) >= 11 is 0. The SMILES string of the molecule is CC(C)CN(C(=O)OCc1ccccc1)C1CCNCC1. The molecule has 1 fully saturated rings. The molecule has 1 aliphatic heterocycles. The lowest BCUT2D eigenvalue weighted by Crippen LogP contribution is -2.47. The fourth-order valence-electron chi connectivity index (χ4n) is 2.69. The maximum atomic E-state index is 12.4. The molecule has 0 unspecified atom stereocenters. The molecule has 4 heteroatoms. The van der Waals surface area contributed by atoms with E-state index in [2.05, 4.69) is 19.2 Å². The number of carbonyl (C=O) groups is 1. The van der Waals surface area contributed by atoms with Crippen LogP contribution in [0.5, 0.6) is 0 Å². The third-order valence-corrected chi connectivity index (χ3v) is 3.75. The fraction of sp³-hybridized carbons (Fsp3) is 0.588. The van der Waals surface area contributed by atoms with Crippen LogP contribution in [0.2, 0.25) is 0 Å². The summed E-state index contributed by atoms with van der Waals surface area (Å²) in [5, 5.41) is 3.34. The molecule has 1 heterocycles. The highest BCUT2D eigenvalue weighted by molar-refractivity contribution is 5.68. The van der Waals surface area contributed by atoms with Gasteiger partial charge in [0.2, 0.25) is 0 Å². The van der Waals surface area contributed by atoms with Gasteiger partial charge in [0.05, 0.1) is 0 Å². The Balaban J connectivity index is 1.93. The van der Waals surface area contributed by atoms with Crippen LogP contribution in [0, 0.1) is 5.92 Å². The highest BCUT2D eigenvalue weighted by Crippen LogP contribution is 2.16. The molecule has 0 aliphatic carbocycles. The van der Waals surface area contributed by atoms with Crippen LogP contribution in [0.25, 0.3) is 0 Å². The summed E-state index contributed by atoms with van der Waals surface area (Å²) in [4.78, 5) is 14.4. The van der Waals surface area contributed by atoms with Crippen LogP contribution in [-0.2, 0) is 11.3 Å². The Morgan fingerprint density at radius 1 is 1.29 bits per heavy atom. The molecule has 2 rings (SSSR count). The van der Waals surface area contributed by atoms with Gasteiger partial charge in [-0.25, -0.2) is 4.79 Å². The molecule has 0 saturated carbocycles. The van der Waals surface area contributed by atoms with E-state index in [-0.39, 0.29) is 6.09 Å². The second-order valence-electron chi connectivity index (χ2n) is 6.07. The van der Waals surface area contributed by atoms with E-state index in [1.807, 2.05) is 35.2 Å². The van der Waals surface area contributed by atoms with Gasteiger partial charge >= 0.3 is 6.09 Å². The fourth-order valence-corrected chi connectivity index (χ4v) is 2.69. The van der Waals surface area contributed by atoms with Crippen molar-refractivity contribution in [3.05, 3.63) is 35.9 Å². The topological polar surface area (TPSA) is 41.6 Å². The summed E-state index contributed by atoms with van der Waals surface area (Å²) in [5.74, 6) is 0.448. The molecule has 21 heavy (non-hydrogen) atoms. The van der Waals surface area contributed by atoms with Gasteiger partial charge in [0, 0.05) is 12.6 Å². The van der Waals surface area contributed by atoms with E-state index in [0.717, 1.165) is 38.0 Å². The number of nitrogens with one attached hydrogen (secondary N) is 1. The summed E-state index contributed by atoms with van der Waals surface area (Å²) in [6, 6.07) is 10.1. The Bertz CT molecular complexity index is 428. The molecule has 1 amide bonds. The Hall–Kier alpha value is -1.55. The predicted molar refractivity (Wildman–Crippen MR) is 84.1 cm³/mol. The van der Waals surface area contributed by atoms with Crippen molar-refractivity contribution in [2.45, 2.75) is 39.3 Å². The van der Waals surface area contributed by atoms with E-state index in [1.54, 1.807) is 0 Å². The van der Waals surface area contributed by atoms with Crippen LogP contribution in [0.15, 0.2) is 30.3 Å². The third-order valence-electron chi connectivity index (χ3n) is 3.75. The van der Waals surface area contributed by atoms with Gasteiger partial charge in [-0.05, 0) is 37.4 Å². The summed E-state index contributed by atoms with van der Waals surface area (Å²) in [6.45, 7) is 7.34. The normalized spacial score (nSPS) is 16.0. The third kappa shape index (κ3) is 5.05. The van der Waals surface area contributed by atoms with Crippen molar-refractivity contribution in [2.24, 2.45) is 5.92 Å². The first-order valence-corrected chi connectivity index (χ1v) is 7.85. The van der Waals surface area contributed by atoms with Crippen LogP contribution >= 0.6 is 0 Å². The maximum absolute atomic E-state index is 12.4. The molecule has 0 atom stereocenters. The molecule has 1 aromatic carbocycles. The van der Waals surface area contributed by atoms with E-state index in [0.29, 0.717) is 18.6 Å². The molecular weight excluding hydrogens is 264 g/mol. The first-order valence-electron chi connectivity index (χ1n) is 7.85. The van der Waals surface area contributed by atoms with Gasteiger partial charge in [0.1, 0.15) is 6.61 Å². The smallest absolute Gasteiger partial charge is 0.410 e. The van der Waals surface area contributed by atoms with E-state index in [4.69, 9.17) is 4.74 Å². The molecule has 116 valence electrons. The van der Waals surface area contributed by atoms with Gasteiger partial charge < -0.3 is 15.0 Å². The van der Waals surface area contributed by atoms with Gasteiger partial charge in [0.25, 0.3) is 0 Å². The molecule has 1 aromatic rings. The first kappa shape index (κ1) is 15.8. The van der Waals surface area contributed by atoms with E-state index in [9.17, 15) is 4.79 Å². The summed E-state index contributed by atoms with van der Waals surface area (Å²) in [5.41, 5.74) is 1.03. The van der Waals surface area contributed by atoms with Crippen molar-refractivity contribution >= 4 is 6.09 Å². The summed E-state index contributed by atoms with van der Waals surface area (Å²) in [6.07, 6.45) is 1.83. The van der Waals surface area contributed by atoms with Crippen LogP contribution in [0.4, 0.5) is 4.79 Å². The van der Waals surface area contributed by atoms with Crippen molar-refractivity contribution in [3.63, 3.8) is 0 Å². The lowest BCUT2D eigenvalue weighted by molar-refractivity contribution is 0.0681. The molecule has 1 N–H and O–H groups in total. The Morgan fingerprint density at radius 2 is 1.95 bits per heavy atom. The average Bonchev–Trinajstić information content (AvgIpc) is 2.52. The minimum absolute atomic E-state index is 0.181. The Morgan fingerprint density at radius 3 is 2.57 bits per heavy atom. The highest BCUT2D eigenvalue weighted by Gasteiger charge is 2.26. The monoisotopic (exact) mass is 290 g/mol. The number of nitrogens with zero attached hydrogens (tertiary/aromatic N) is 1. The second-order valence-corrected chi connectivity index (χ2v) is 6.07. The number of hydrogen-bond acceptors (Lipinski definition) is 3. The number of ether oxygens (including phenoxy) is 1. The molecule has 1 saturated heterocycles.